The molecule has 1 saturated heterocycles. The second-order valence-electron chi connectivity index (χ2n) is 7.25. The summed E-state index contributed by atoms with van der Waals surface area (Å²) in [6, 6.07) is 14.1. The van der Waals surface area contributed by atoms with Gasteiger partial charge in [0.05, 0.1) is 17.4 Å². The van der Waals surface area contributed by atoms with Crippen molar-refractivity contribution < 1.29 is 9.53 Å². The van der Waals surface area contributed by atoms with Crippen molar-refractivity contribution >= 4 is 34.1 Å². The molecule has 29 heavy (non-hydrogen) atoms. The Bertz CT molecular complexity index is 1010. The fourth-order valence-electron chi connectivity index (χ4n) is 3.37. The summed E-state index contributed by atoms with van der Waals surface area (Å²) in [5.41, 5.74) is 5.05. The lowest BCUT2D eigenvalue weighted by molar-refractivity contribution is 0.102. The number of amides is 1. The maximum absolute atomic E-state index is 12.9. The molecular formula is C23H24N2O2S2. The molecule has 2 heterocycles. The van der Waals surface area contributed by atoms with Gasteiger partial charge in [-0.3, -0.25) is 10.1 Å². The summed E-state index contributed by atoms with van der Waals surface area (Å²) in [4.78, 5) is 18.5. The largest absolute Gasteiger partial charge is 0.377 e. The number of rotatable bonds is 6. The molecule has 1 atom stereocenters. The van der Waals surface area contributed by atoms with E-state index in [1.807, 2.05) is 29.6 Å². The highest BCUT2D eigenvalue weighted by molar-refractivity contribution is 7.99. The second kappa shape index (κ2) is 9.11. The van der Waals surface area contributed by atoms with E-state index in [0.717, 1.165) is 41.4 Å². The molecule has 1 aliphatic rings. The van der Waals surface area contributed by atoms with Crippen molar-refractivity contribution in [2.24, 2.45) is 0 Å². The number of benzene rings is 2. The lowest BCUT2D eigenvalue weighted by Gasteiger charge is -2.11. The number of nitrogens with zero attached hydrogens (tertiary/aromatic N) is 1. The summed E-state index contributed by atoms with van der Waals surface area (Å²) >= 11 is 3.14. The van der Waals surface area contributed by atoms with Gasteiger partial charge >= 0.3 is 0 Å². The van der Waals surface area contributed by atoms with Crippen molar-refractivity contribution in [2.45, 2.75) is 37.7 Å². The molecule has 0 bridgehead atoms. The zero-order valence-corrected chi connectivity index (χ0v) is 18.2. The number of carbonyl (C=O) groups is 1. The summed E-state index contributed by atoms with van der Waals surface area (Å²) in [7, 11) is 0. The molecule has 2 aromatic carbocycles. The molecule has 0 saturated carbocycles. The lowest BCUT2D eigenvalue weighted by Crippen LogP contribution is -2.14. The van der Waals surface area contributed by atoms with Crippen LogP contribution in [0.25, 0.3) is 11.3 Å². The van der Waals surface area contributed by atoms with Crippen molar-refractivity contribution in [2.75, 3.05) is 17.7 Å². The predicted octanol–water partition coefficient (Wildman–Crippen LogP) is 5.95. The molecule has 0 spiro atoms. The van der Waals surface area contributed by atoms with Gasteiger partial charge < -0.3 is 4.74 Å². The third-order valence-electron chi connectivity index (χ3n) is 4.97. The van der Waals surface area contributed by atoms with Gasteiger partial charge in [0.1, 0.15) is 0 Å². The van der Waals surface area contributed by atoms with Crippen LogP contribution >= 0.6 is 23.1 Å². The van der Waals surface area contributed by atoms with E-state index in [4.69, 9.17) is 4.74 Å². The fraction of sp³-hybridized carbons (Fsp3) is 0.304. The summed E-state index contributed by atoms with van der Waals surface area (Å²) in [5.74, 6) is 0.750. The normalized spacial score (nSPS) is 16.1. The van der Waals surface area contributed by atoms with Crippen molar-refractivity contribution in [3.63, 3.8) is 0 Å². The van der Waals surface area contributed by atoms with Crippen molar-refractivity contribution in [3.05, 3.63) is 64.5 Å². The molecule has 4 nitrogen and oxygen atoms in total. The minimum atomic E-state index is -0.123. The number of anilines is 1. The first-order chi connectivity index (χ1) is 14.1. The van der Waals surface area contributed by atoms with E-state index in [9.17, 15) is 4.79 Å². The van der Waals surface area contributed by atoms with Crippen LogP contribution in [0, 0.1) is 13.8 Å². The zero-order valence-electron chi connectivity index (χ0n) is 16.6. The van der Waals surface area contributed by atoms with Crippen LogP contribution in [0.3, 0.4) is 0 Å². The SMILES string of the molecule is Cc1ccc(C)c(-c2csc(NC(=O)c3ccccc3SCC3CCCO3)n2)c1. The Labute approximate surface area is 179 Å². The minimum Gasteiger partial charge on any atom is -0.377 e. The number of ether oxygens (including phenoxy) is 1. The average molecular weight is 425 g/mol. The van der Waals surface area contributed by atoms with Gasteiger partial charge in [-0.1, -0.05) is 29.8 Å². The molecule has 6 heteroatoms. The highest BCUT2D eigenvalue weighted by atomic mass is 32.2. The number of hydrogen-bond acceptors (Lipinski definition) is 5. The Balaban J connectivity index is 1.47. The van der Waals surface area contributed by atoms with Gasteiger partial charge in [0, 0.05) is 28.2 Å². The van der Waals surface area contributed by atoms with Crippen molar-refractivity contribution in [1.82, 2.24) is 4.98 Å². The molecule has 1 N–H and O–H groups in total. The van der Waals surface area contributed by atoms with Crippen LogP contribution in [-0.4, -0.2) is 29.4 Å². The Morgan fingerprint density at radius 1 is 1.28 bits per heavy atom. The van der Waals surface area contributed by atoms with Gasteiger partial charge in [-0.15, -0.1) is 23.1 Å². The zero-order chi connectivity index (χ0) is 20.2. The van der Waals surface area contributed by atoms with Crippen LogP contribution in [0.5, 0.6) is 0 Å². The standard InChI is InChI=1S/C23H24N2O2S2/c1-15-9-10-16(2)19(12-15)20-14-29-23(24-20)25-22(26)18-7-3-4-8-21(18)28-13-17-6-5-11-27-17/h3-4,7-10,12,14,17H,5-6,11,13H2,1-2H3,(H,24,25,26). The van der Waals surface area contributed by atoms with E-state index in [2.05, 4.69) is 42.3 Å². The number of carbonyl (C=O) groups excluding carboxylic acids is 1. The first-order valence-corrected chi connectivity index (χ1v) is 11.6. The molecule has 0 radical (unpaired) electrons. The number of hydrogen-bond donors (Lipinski definition) is 1. The Kier molecular flexibility index (Phi) is 6.33. The maximum atomic E-state index is 12.9. The molecule has 4 rings (SSSR count). The van der Waals surface area contributed by atoms with Gasteiger partial charge in [-0.25, -0.2) is 4.98 Å². The summed E-state index contributed by atoms with van der Waals surface area (Å²) in [6.45, 7) is 5.00. The van der Waals surface area contributed by atoms with E-state index in [1.165, 1.54) is 22.5 Å². The lowest BCUT2D eigenvalue weighted by atomic mass is 10.0. The van der Waals surface area contributed by atoms with E-state index in [-0.39, 0.29) is 12.0 Å². The predicted molar refractivity (Wildman–Crippen MR) is 121 cm³/mol. The van der Waals surface area contributed by atoms with Gasteiger partial charge in [-0.2, -0.15) is 0 Å². The molecule has 1 aromatic heterocycles. The Hall–Kier alpha value is -2.15. The quantitative estimate of drug-likeness (QED) is 0.497. The van der Waals surface area contributed by atoms with Crippen molar-refractivity contribution in [3.8, 4) is 11.3 Å². The smallest absolute Gasteiger partial charge is 0.258 e. The van der Waals surface area contributed by atoms with Crippen molar-refractivity contribution in [1.29, 1.82) is 0 Å². The number of nitrogens with one attached hydrogen (secondary N) is 1. The van der Waals surface area contributed by atoms with Gasteiger partial charge in [0.25, 0.3) is 5.91 Å². The third-order valence-corrected chi connectivity index (χ3v) is 6.94. The molecule has 0 aliphatic carbocycles. The minimum absolute atomic E-state index is 0.123. The highest BCUT2D eigenvalue weighted by Crippen LogP contribution is 2.30. The molecule has 1 unspecified atom stereocenters. The van der Waals surface area contributed by atoms with Crippen LogP contribution < -0.4 is 5.32 Å². The topological polar surface area (TPSA) is 51.2 Å². The van der Waals surface area contributed by atoms with Gasteiger partial charge in [-0.05, 0) is 50.5 Å². The van der Waals surface area contributed by atoms with Crippen LogP contribution in [0.4, 0.5) is 5.13 Å². The second-order valence-corrected chi connectivity index (χ2v) is 9.17. The number of aryl methyl sites for hydroxylation is 2. The number of thioether (sulfide) groups is 1. The molecule has 3 aromatic rings. The van der Waals surface area contributed by atoms with E-state index < -0.39 is 0 Å². The molecule has 1 amide bonds. The summed E-state index contributed by atoms with van der Waals surface area (Å²) < 4.78 is 5.70. The fourth-order valence-corrected chi connectivity index (χ4v) is 5.19. The Morgan fingerprint density at radius 3 is 2.97 bits per heavy atom. The molecular weight excluding hydrogens is 400 g/mol. The molecule has 1 fully saturated rings. The van der Waals surface area contributed by atoms with Crippen LogP contribution in [0.15, 0.2) is 52.7 Å². The monoisotopic (exact) mass is 424 g/mol. The van der Waals surface area contributed by atoms with Crippen LogP contribution in [0.1, 0.15) is 34.3 Å². The number of aromatic nitrogens is 1. The maximum Gasteiger partial charge on any atom is 0.258 e. The number of thiazole rings is 1. The van der Waals surface area contributed by atoms with Crippen LogP contribution in [-0.2, 0) is 4.74 Å². The third kappa shape index (κ3) is 4.89. The average Bonchev–Trinajstić information content (AvgIpc) is 3.40. The first-order valence-electron chi connectivity index (χ1n) is 9.78. The first kappa shape index (κ1) is 20.1. The van der Waals surface area contributed by atoms with E-state index in [0.29, 0.717) is 10.7 Å². The Morgan fingerprint density at radius 2 is 2.14 bits per heavy atom. The van der Waals surface area contributed by atoms with Crippen LogP contribution in [0.2, 0.25) is 0 Å². The molecule has 150 valence electrons. The van der Waals surface area contributed by atoms with E-state index in [1.54, 1.807) is 11.8 Å². The van der Waals surface area contributed by atoms with Gasteiger partial charge in [0.15, 0.2) is 5.13 Å². The van der Waals surface area contributed by atoms with E-state index >= 15 is 0 Å². The summed E-state index contributed by atoms with van der Waals surface area (Å²) in [6.07, 6.45) is 2.51. The summed E-state index contributed by atoms with van der Waals surface area (Å²) in [5, 5.41) is 5.59. The molecule has 1 aliphatic heterocycles. The highest BCUT2D eigenvalue weighted by Gasteiger charge is 2.18. The van der Waals surface area contributed by atoms with Gasteiger partial charge in [0.2, 0.25) is 0 Å².